The first-order chi connectivity index (χ1) is 17.4. The molecule has 0 spiro atoms. The van der Waals surface area contributed by atoms with E-state index >= 15 is 0 Å². The Morgan fingerprint density at radius 3 is 2.44 bits per heavy atom. The van der Waals surface area contributed by atoms with E-state index in [-0.39, 0.29) is 17.4 Å². The number of benzene rings is 2. The highest BCUT2D eigenvalue weighted by atomic mass is 16.5. The van der Waals surface area contributed by atoms with Crippen molar-refractivity contribution in [3.63, 3.8) is 0 Å². The number of nitrogens with one attached hydrogen (secondary N) is 2. The summed E-state index contributed by atoms with van der Waals surface area (Å²) in [7, 11) is 0. The summed E-state index contributed by atoms with van der Waals surface area (Å²) < 4.78 is 5.87. The molecule has 1 saturated heterocycles. The normalized spacial score (nSPS) is 15.6. The van der Waals surface area contributed by atoms with Gasteiger partial charge in [-0.3, -0.25) is 9.59 Å². The van der Waals surface area contributed by atoms with Crippen molar-refractivity contribution >= 4 is 22.8 Å². The second-order valence-corrected chi connectivity index (χ2v) is 8.68. The molecule has 0 unspecified atom stereocenters. The number of H-pyrrole nitrogens is 2. The van der Waals surface area contributed by atoms with Gasteiger partial charge in [0.25, 0.3) is 5.91 Å². The minimum absolute atomic E-state index is 0.124. The molecule has 3 heterocycles. The summed E-state index contributed by atoms with van der Waals surface area (Å²) in [6.45, 7) is 4.64. The van der Waals surface area contributed by atoms with Crippen LogP contribution in [0, 0.1) is 0 Å². The molecule has 2 aromatic heterocycles. The van der Waals surface area contributed by atoms with Crippen molar-refractivity contribution in [1.82, 2.24) is 19.9 Å². The van der Waals surface area contributed by atoms with Gasteiger partial charge < -0.3 is 25.3 Å². The Balaban J connectivity index is 1.60. The van der Waals surface area contributed by atoms with E-state index in [9.17, 15) is 14.4 Å². The Hall–Kier alpha value is -4.66. The Kier molecular flexibility index (Phi) is 6.12. The number of likely N-dealkylation sites (tertiary alicyclic amines) is 1. The summed E-state index contributed by atoms with van der Waals surface area (Å²) in [5.41, 5.74) is 7.77. The van der Waals surface area contributed by atoms with Crippen LogP contribution in [-0.2, 0) is 4.79 Å². The minimum atomic E-state index is -0.707. The number of aromatic nitrogens is 3. The van der Waals surface area contributed by atoms with Gasteiger partial charge in [-0.1, -0.05) is 24.8 Å². The van der Waals surface area contributed by atoms with Crippen LogP contribution in [0.3, 0.4) is 0 Å². The highest BCUT2D eigenvalue weighted by Crippen LogP contribution is 2.35. The SMILES string of the molecule is C=CC(=O)N1CCC[C@H](c2nc(-c3ccc(Oc4ccccc4)cc3)c(C(N)=O)c3[nH]c(=O)[nH]c23)C1. The number of para-hydroxylation sites is 1. The fourth-order valence-electron chi connectivity index (χ4n) is 4.69. The number of amides is 2. The predicted molar refractivity (Wildman–Crippen MR) is 136 cm³/mol. The topological polar surface area (TPSA) is 134 Å². The molecule has 9 heteroatoms. The highest BCUT2D eigenvalue weighted by molar-refractivity contribution is 6.09. The molecule has 5 rings (SSSR count). The number of pyridine rings is 1. The van der Waals surface area contributed by atoms with Crippen LogP contribution >= 0.6 is 0 Å². The predicted octanol–water partition coefficient (Wildman–Crippen LogP) is 3.70. The first kappa shape index (κ1) is 23.1. The number of fused-ring (bicyclic) bond motifs is 1. The molecule has 9 nitrogen and oxygen atoms in total. The molecule has 0 bridgehead atoms. The van der Waals surface area contributed by atoms with Crippen LogP contribution in [0.2, 0.25) is 0 Å². The van der Waals surface area contributed by atoms with Gasteiger partial charge in [-0.05, 0) is 55.3 Å². The van der Waals surface area contributed by atoms with Gasteiger partial charge in [-0.2, -0.15) is 0 Å². The van der Waals surface area contributed by atoms with Crippen LogP contribution in [0.25, 0.3) is 22.3 Å². The summed E-state index contributed by atoms with van der Waals surface area (Å²) in [6, 6.07) is 16.5. The van der Waals surface area contributed by atoms with E-state index in [1.165, 1.54) is 6.08 Å². The largest absolute Gasteiger partial charge is 0.457 e. The number of imidazole rings is 1. The number of carbonyl (C=O) groups is 2. The Bertz CT molecular complexity index is 1510. The summed E-state index contributed by atoms with van der Waals surface area (Å²) in [5, 5.41) is 0. The van der Waals surface area contributed by atoms with Crippen LogP contribution in [0.1, 0.15) is 34.8 Å². The molecule has 0 radical (unpaired) electrons. The number of ether oxygens (including phenoxy) is 1. The summed E-state index contributed by atoms with van der Waals surface area (Å²) in [4.78, 5) is 49.2. The monoisotopic (exact) mass is 483 g/mol. The molecule has 1 fully saturated rings. The van der Waals surface area contributed by atoms with Crippen LogP contribution in [0.5, 0.6) is 11.5 Å². The maximum atomic E-state index is 12.6. The van der Waals surface area contributed by atoms with E-state index in [2.05, 4.69) is 16.5 Å². The van der Waals surface area contributed by atoms with Crippen LogP contribution < -0.4 is 16.2 Å². The minimum Gasteiger partial charge on any atom is -0.457 e. The summed E-state index contributed by atoms with van der Waals surface area (Å²) in [5.74, 6) is 0.319. The fraction of sp³-hybridized carbons (Fsp3) is 0.185. The van der Waals surface area contributed by atoms with Crippen LogP contribution in [-0.4, -0.2) is 44.8 Å². The lowest BCUT2D eigenvalue weighted by Gasteiger charge is -2.32. The standard InChI is InChI=1S/C27H25N5O4/c1-2-20(33)32-14-6-7-17(15-32)23-25-24(30-27(35)31-25)21(26(28)34)22(29-23)16-10-12-19(13-11-16)36-18-8-4-3-5-9-18/h2-5,8-13,17H,1,6-7,14-15H2,(H2,28,34)(H2,30,31,35)/t17-/m0/s1. The average Bonchev–Trinajstić information content (AvgIpc) is 3.29. The Morgan fingerprint density at radius 1 is 1.06 bits per heavy atom. The van der Waals surface area contributed by atoms with E-state index in [0.717, 1.165) is 12.8 Å². The van der Waals surface area contributed by atoms with Crippen LogP contribution in [0.15, 0.2) is 72.0 Å². The van der Waals surface area contributed by atoms with E-state index in [0.29, 0.717) is 52.6 Å². The van der Waals surface area contributed by atoms with Crippen LogP contribution in [0.4, 0.5) is 0 Å². The van der Waals surface area contributed by atoms with Gasteiger partial charge in [0.05, 0.1) is 28.0 Å². The number of rotatable bonds is 6. The second-order valence-electron chi connectivity index (χ2n) is 8.68. The van der Waals surface area contributed by atoms with Gasteiger partial charge >= 0.3 is 5.69 Å². The molecule has 0 aliphatic carbocycles. The van der Waals surface area contributed by atoms with Gasteiger partial charge in [-0.25, -0.2) is 9.78 Å². The maximum Gasteiger partial charge on any atom is 0.323 e. The van der Waals surface area contributed by atoms with Crippen molar-refractivity contribution < 1.29 is 14.3 Å². The molecule has 4 aromatic rings. The lowest BCUT2D eigenvalue weighted by atomic mass is 9.91. The summed E-state index contributed by atoms with van der Waals surface area (Å²) >= 11 is 0. The van der Waals surface area contributed by atoms with Gasteiger partial charge in [0.15, 0.2) is 0 Å². The number of hydrogen-bond acceptors (Lipinski definition) is 5. The third kappa shape index (κ3) is 4.38. The zero-order chi connectivity index (χ0) is 25.2. The molecule has 182 valence electrons. The third-order valence-corrected chi connectivity index (χ3v) is 6.35. The molecule has 1 atom stereocenters. The quantitative estimate of drug-likeness (QED) is 0.360. The number of piperidine rings is 1. The van der Waals surface area contributed by atoms with Gasteiger partial charge in [0, 0.05) is 24.6 Å². The molecule has 36 heavy (non-hydrogen) atoms. The third-order valence-electron chi connectivity index (χ3n) is 6.35. The molecule has 1 aliphatic rings. The molecule has 1 aliphatic heterocycles. The van der Waals surface area contributed by atoms with Gasteiger partial charge in [-0.15, -0.1) is 0 Å². The smallest absolute Gasteiger partial charge is 0.323 e. The number of aromatic amines is 2. The average molecular weight is 484 g/mol. The van der Waals surface area contributed by atoms with Crippen molar-refractivity contribution in [3.8, 4) is 22.8 Å². The lowest BCUT2D eigenvalue weighted by Crippen LogP contribution is -2.38. The number of nitrogens with zero attached hydrogens (tertiary/aromatic N) is 2. The van der Waals surface area contributed by atoms with E-state index < -0.39 is 11.6 Å². The van der Waals surface area contributed by atoms with E-state index in [1.807, 2.05) is 30.3 Å². The van der Waals surface area contributed by atoms with Crippen molar-refractivity contribution in [1.29, 1.82) is 0 Å². The fourth-order valence-corrected chi connectivity index (χ4v) is 4.69. The first-order valence-electron chi connectivity index (χ1n) is 11.6. The van der Waals surface area contributed by atoms with Gasteiger partial charge in [0.1, 0.15) is 11.5 Å². The zero-order valence-corrected chi connectivity index (χ0v) is 19.5. The van der Waals surface area contributed by atoms with Gasteiger partial charge in [0.2, 0.25) is 5.91 Å². The van der Waals surface area contributed by atoms with E-state index in [4.69, 9.17) is 15.5 Å². The van der Waals surface area contributed by atoms with Crippen molar-refractivity contribution in [2.45, 2.75) is 18.8 Å². The molecular weight excluding hydrogens is 458 g/mol. The van der Waals surface area contributed by atoms with Crippen molar-refractivity contribution in [2.75, 3.05) is 13.1 Å². The van der Waals surface area contributed by atoms with Crippen molar-refractivity contribution in [3.05, 3.63) is 89.0 Å². The number of hydrogen-bond donors (Lipinski definition) is 3. The molecule has 2 aromatic carbocycles. The highest BCUT2D eigenvalue weighted by Gasteiger charge is 2.29. The Labute approximate surface area is 206 Å². The second kappa shape index (κ2) is 9.53. The number of primary amides is 1. The lowest BCUT2D eigenvalue weighted by molar-refractivity contribution is -0.127. The maximum absolute atomic E-state index is 12.6. The number of carbonyl (C=O) groups excluding carboxylic acids is 2. The molecule has 0 saturated carbocycles. The van der Waals surface area contributed by atoms with E-state index in [1.54, 1.807) is 29.2 Å². The molecule has 4 N–H and O–H groups in total. The summed E-state index contributed by atoms with van der Waals surface area (Å²) in [6.07, 6.45) is 2.85. The molecule has 2 amide bonds. The first-order valence-corrected chi connectivity index (χ1v) is 11.6. The zero-order valence-electron chi connectivity index (χ0n) is 19.5. The Morgan fingerprint density at radius 2 is 1.75 bits per heavy atom. The number of nitrogens with two attached hydrogens (primary N) is 1. The molecular formula is C27H25N5O4. The van der Waals surface area contributed by atoms with Crippen molar-refractivity contribution in [2.24, 2.45) is 5.73 Å².